The minimum Gasteiger partial charge on any atom is -0.480 e. The van der Waals surface area contributed by atoms with Crippen LogP contribution in [-0.2, 0) is 4.79 Å². The number of nitrogens with one attached hydrogen (secondary N) is 1. The van der Waals surface area contributed by atoms with Gasteiger partial charge in [0.15, 0.2) is 5.11 Å². The number of hydrogen-bond acceptors (Lipinski definition) is 2. The molecule has 0 aromatic heterocycles. The van der Waals surface area contributed by atoms with Gasteiger partial charge in [-0.05, 0) is 39.4 Å². The number of rotatable bonds is 2. The van der Waals surface area contributed by atoms with Gasteiger partial charge in [-0.1, -0.05) is 0 Å². The van der Waals surface area contributed by atoms with Crippen LogP contribution in [0.15, 0.2) is 0 Å². The summed E-state index contributed by atoms with van der Waals surface area (Å²) in [5.41, 5.74) is -0.0362. The summed E-state index contributed by atoms with van der Waals surface area (Å²) in [5.74, 6) is -0.847. The third-order valence-corrected chi connectivity index (χ3v) is 2.69. The van der Waals surface area contributed by atoms with Gasteiger partial charge in [-0.2, -0.15) is 0 Å². The van der Waals surface area contributed by atoms with Gasteiger partial charge >= 0.3 is 5.97 Å². The van der Waals surface area contributed by atoms with Gasteiger partial charge in [0.25, 0.3) is 0 Å². The minimum absolute atomic E-state index is 0.0247. The van der Waals surface area contributed by atoms with E-state index in [1.165, 1.54) is 0 Å². The molecular weight excluding hydrogens is 200 g/mol. The van der Waals surface area contributed by atoms with Crippen LogP contribution in [0.5, 0.6) is 0 Å². The SMILES string of the molecule is CC1CC(C)(C)NC(=S)N1CC(=O)O. The van der Waals surface area contributed by atoms with Crippen molar-refractivity contribution in [3.63, 3.8) is 0 Å². The molecule has 14 heavy (non-hydrogen) atoms. The van der Waals surface area contributed by atoms with Crippen molar-refractivity contribution in [3.8, 4) is 0 Å². The summed E-state index contributed by atoms with van der Waals surface area (Å²) >= 11 is 5.12. The molecule has 1 aliphatic heterocycles. The normalized spacial score (nSPS) is 25.8. The maximum Gasteiger partial charge on any atom is 0.323 e. The Balaban J connectivity index is 2.70. The zero-order valence-electron chi connectivity index (χ0n) is 8.70. The molecule has 0 radical (unpaired) electrons. The highest BCUT2D eigenvalue weighted by Crippen LogP contribution is 2.21. The standard InChI is InChI=1S/C9H16N2O2S/c1-6-4-9(2,3)10-8(14)11(6)5-7(12)13/h6H,4-5H2,1-3H3,(H,10,14)(H,12,13). The predicted octanol–water partition coefficient (Wildman–Crippen LogP) is 0.818. The first kappa shape index (κ1) is 11.2. The van der Waals surface area contributed by atoms with Crippen LogP contribution in [0.1, 0.15) is 27.2 Å². The van der Waals surface area contributed by atoms with E-state index in [0.717, 1.165) is 6.42 Å². The van der Waals surface area contributed by atoms with Crippen LogP contribution in [0.25, 0.3) is 0 Å². The van der Waals surface area contributed by atoms with E-state index in [4.69, 9.17) is 17.3 Å². The van der Waals surface area contributed by atoms with E-state index >= 15 is 0 Å². The van der Waals surface area contributed by atoms with Crippen LogP contribution < -0.4 is 5.32 Å². The summed E-state index contributed by atoms with van der Waals surface area (Å²) in [5, 5.41) is 12.4. The second kappa shape index (κ2) is 3.73. The highest BCUT2D eigenvalue weighted by Gasteiger charge is 2.33. The Kier molecular flexibility index (Phi) is 2.99. The monoisotopic (exact) mass is 216 g/mol. The summed E-state index contributed by atoms with van der Waals surface area (Å²) in [7, 11) is 0. The summed E-state index contributed by atoms with van der Waals surface area (Å²) in [6, 6.07) is 0.176. The molecule has 1 saturated heterocycles. The number of aliphatic carboxylic acids is 1. The van der Waals surface area contributed by atoms with Crippen molar-refractivity contribution >= 4 is 23.3 Å². The smallest absolute Gasteiger partial charge is 0.323 e. The molecule has 0 amide bonds. The van der Waals surface area contributed by atoms with Crippen molar-refractivity contribution in [2.45, 2.75) is 38.8 Å². The maximum absolute atomic E-state index is 10.6. The van der Waals surface area contributed by atoms with Crippen LogP contribution in [0.2, 0.25) is 0 Å². The Morgan fingerprint density at radius 1 is 1.79 bits per heavy atom. The number of hydrogen-bond donors (Lipinski definition) is 2. The lowest BCUT2D eigenvalue weighted by Gasteiger charge is -2.44. The quantitative estimate of drug-likeness (QED) is 0.669. The Morgan fingerprint density at radius 2 is 2.36 bits per heavy atom. The Hall–Kier alpha value is -0.840. The van der Waals surface area contributed by atoms with Gasteiger partial charge in [0.1, 0.15) is 6.54 Å². The van der Waals surface area contributed by atoms with Gasteiger partial charge in [-0.3, -0.25) is 4.79 Å². The van der Waals surface area contributed by atoms with Crippen LogP contribution >= 0.6 is 12.2 Å². The predicted molar refractivity (Wildman–Crippen MR) is 58.2 cm³/mol. The van der Waals surface area contributed by atoms with Crippen LogP contribution in [0.3, 0.4) is 0 Å². The largest absolute Gasteiger partial charge is 0.480 e. The lowest BCUT2D eigenvalue weighted by molar-refractivity contribution is -0.138. The highest BCUT2D eigenvalue weighted by molar-refractivity contribution is 7.80. The fourth-order valence-electron chi connectivity index (χ4n) is 1.83. The van der Waals surface area contributed by atoms with E-state index in [-0.39, 0.29) is 18.1 Å². The molecule has 1 fully saturated rings. The summed E-state index contributed by atoms with van der Waals surface area (Å²) in [6.45, 7) is 6.10. The highest BCUT2D eigenvalue weighted by atomic mass is 32.1. The van der Waals surface area contributed by atoms with E-state index in [1.54, 1.807) is 4.90 Å². The number of thiocarbonyl (C=S) groups is 1. The molecule has 0 aliphatic carbocycles. The molecule has 1 unspecified atom stereocenters. The zero-order valence-corrected chi connectivity index (χ0v) is 9.52. The topological polar surface area (TPSA) is 52.6 Å². The van der Waals surface area contributed by atoms with Gasteiger partial charge in [-0.15, -0.1) is 0 Å². The van der Waals surface area contributed by atoms with Crippen molar-refractivity contribution in [1.82, 2.24) is 10.2 Å². The Bertz CT molecular complexity index is 266. The number of carboxylic acid groups (broad SMARTS) is 1. The number of nitrogens with zero attached hydrogens (tertiary/aromatic N) is 1. The third kappa shape index (κ3) is 2.57. The fraction of sp³-hybridized carbons (Fsp3) is 0.778. The third-order valence-electron chi connectivity index (χ3n) is 2.35. The van der Waals surface area contributed by atoms with Crippen molar-refractivity contribution in [2.75, 3.05) is 6.54 Å². The van der Waals surface area contributed by atoms with Crippen molar-refractivity contribution in [3.05, 3.63) is 0 Å². The first-order chi connectivity index (χ1) is 6.32. The molecule has 1 aliphatic rings. The van der Waals surface area contributed by atoms with Gasteiger partial charge in [0.2, 0.25) is 0 Å². The Morgan fingerprint density at radius 3 is 2.79 bits per heavy atom. The van der Waals surface area contributed by atoms with Crippen LogP contribution in [0, 0.1) is 0 Å². The number of carboxylic acids is 1. The molecule has 0 aromatic carbocycles. The number of carbonyl (C=O) groups is 1. The molecule has 1 rings (SSSR count). The lowest BCUT2D eigenvalue weighted by atomic mass is 9.93. The molecule has 1 heterocycles. The van der Waals surface area contributed by atoms with E-state index < -0.39 is 5.97 Å². The molecule has 1 atom stereocenters. The molecule has 2 N–H and O–H groups in total. The molecule has 80 valence electrons. The van der Waals surface area contributed by atoms with Crippen molar-refractivity contribution in [2.24, 2.45) is 0 Å². The first-order valence-electron chi connectivity index (χ1n) is 4.62. The minimum atomic E-state index is -0.847. The fourth-order valence-corrected chi connectivity index (χ4v) is 2.36. The van der Waals surface area contributed by atoms with E-state index in [2.05, 4.69) is 19.2 Å². The molecule has 5 heteroatoms. The van der Waals surface area contributed by atoms with Gasteiger partial charge in [0.05, 0.1) is 0 Å². The molecular formula is C9H16N2O2S. The second-order valence-corrected chi connectivity index (χ2v) is 4.78. The van der Waals surface area contributed by atoms with Gasteiger partial charge < -0.3 is 15.3 Å². The molecule has 0 spiro atoms. The first-order valence-corrected chi connectivity index (χ1v) is 5.03. The molecule has 0 bridgehead atoms. The van der Waals surface area contributed by atoms with Crippen molar-refractivity contribution < 1.29 is 9.90 Å². The van der Waals surface area contributed by atoms with Gasteiger partial charge in [-0.25, -0.2) is 0 Å². The lowest BCUT2D eigenvalue weighted by Crippen LogP contribution is -2.61. The molecule has 4 nitrogen and oxygen atoms in total. The summed E-state index contributed by atoms with van der Waals surface area (Å²) in [4.78, 5) is 12.3. The average molecular weight is 216 g/mol. The van der Waals surface area contributed by atoms with Crippen molar-refractivity contribution in [1.29, 1.82) is 0 Å². The Labute approximate surface area is 89.3 Å². The second-order valence-electron chi connectivity index (χ2n) is 4.39. The summed E-state index contributed by atoms with van der Waals surface area (Å²) < 4.78 is 0. The zero-order chi connectivity index (χ0) is 10.9. The molecule has 0 saturated carbocycles. The maximum atomic E-state index is 10.6. The van der Waals surface area contributed by atoms with Gasteiger partial charge in [0, 0.05) is 11.6 Å². The van der Waals surface area contributed by atoms with E-state index in [0.29, 0.717) is 5.11 Å². The van der Waals surface area contributed by atoms with E-state index in [9.17, 15) is 4.79 Å². The molecule has 0 aromatic rings. The average Bonchev–Trinajstić information content (AvgIpc) is 1.94. The van der Waals surface area contributed by atoms with Crippen LogP contribution in [0.4, 0.5) is 0 Å². The summed E-state index contributed by atoms with van der Waals surface area (Å²) in [6.07, 6.45) is 0.889. The van der Waals surface area contributed by atoms with Crippen LogP contribution in [-0.4, -0.2) is 39.2 Å². The van der Waals surface area contributed by atoms with E-state index in [1.807, 2.05) is 6.92 Å².